The minimum absolute atomic E-state index is 1.69. The highest BCUT2D eigenvalue weighted by Gasteiger charge is 2.48. The molecule has 0 aromatic heterocycles. The van der Waals surface area contributed by atoms with Crippen LogP contribution in [0.25, 0.3) is 0 Å². The summed E-state index contributed by atoms with van der Waals surface area (Å²) in [6.45, 7) is 25.8. The van der Waals surface area contributed by atoms with E-state index in [2.05, 4.69) is 45.8 Å². The fraction of sp³-hybridized carbons (Fsp3) is 1.00. The van der Waals surface area contributed by atoms with E-state index in [0.29, 0.717) is 0 Å². The summed E-state index contributed by atoms with van der Waals surface area (Å²) in [7, 11) is -14.0. The number of halogens is 2. The predicted octanol–water partition coefficient (Wildman–Crippen LogP) is 6.48. The topological polar surface area (TPSA) is 55.4 Å². The molecule has 6 nitrogen and oxygen atoms in total. The number of hydrogen-bond acceptors (Lipinski definition) is 6. The molecule has 0 fully saturated rings. The lowest BCUT2D eigenvalue weighted by Gasteiger charge is -2.43. The van der Waals surface area contributed by atoms with Crippen LogP contribution in [0.4, 0.5) is 0 Å². The fourth-order valence-corrected chi connectivity index (χ4v) is 38.0. The molecule has 0 radical (unpaired) electrons. The highest BCUT2D eigenvalue weighted by atomic mass is 35.7. The Morgan fingerprint density at radius 2 is 0.552 bits per heavy atom. The van der Waals surface area contributed by atoms with E-state index >= 15 is 0 Å². The van der Waals surface area contributed by atoms with E-state index in [1.807, 2.05) is 39.3 Å². The SMILES string of the molecule is C[Si](C)(C)O[Si](C)(C)O[Si](C)(C)O[Si](C)(C)O[Si](C)(C)O[Si](C)(C)O[Si](C)(Cl)Cl. The lowest BCUT2D eigenvalue weighted by molar-refractivity contribution is 0.273. The Bertz CT molecular complexity index is 502. The third-order valence-corrected chi connectivity index (χ3v) is 27.9. The molecule has 29 heavy (non-hydrogen) atoms. The molecule has 0 atom stereocenters. The molecule has 0 saturated heterocycles. The smallest absolute Gasteiger partial charge is 0.377 e. The van der Waals surface area contributed by atoms with Crippen LogP contribution in [-0.4, -0.2) is 58.1 Å². The van der Waals surface area contributed by atoms with Gasteiger partial charge in [-0.3, -0.25) is 0 Å². The molecular formula is C14H42Cl2O6Si7. The van der Waals surface area contributed by atoms with Crippen molar-refractivity contribution in [3.63, 3.8) is 0 Å². The van der Waals surface area contributed by atoms with Gasteiger partial charge in [0, 0.05) is 0 Å². The van der Waals surface area contributed by atoms with Gasteiger partial charge in [0.05, 0.1) is 0 Å². The molecule has 0 aromatic rings. The van der Waals surface area contributed by atoms with Gasteiger partial charge in [-0.1, -0.05) is 0 Å². The lowest BCUT2D eigenvalue weighted by atomic mass is 11.8. The molecule has 0 aliphatic heterocycles. The Labute approximate surface area is 195 Å². The van der Waals surface area contributed by atoms with Gasteiger partial charge in [-0.2, -0.15) is 0 Å². The molecule has 0 aliphatic carbocycles. The van der Waals surface area contributed by atoms with E-state index < -0.39 is 58.1 Å². The molecule has 176 valence electrons. The van der Waals surface area contributed by atoms with Crippen LogP contribution >= 0.6 is 22.2 Å². The molecule has 0 unspecified atom stereocenters. The third-order valence-electron chi connectivity index (χ3n) is 2.94. The zero-order valence-electron chi connectivity index (χ0n) is 20.7. The van der Waals surface area contributed by atoms with Gasteiger partial charge in [0.25, 0.3) is 0 Å². The summed E-state index contributed by atoms with van der Waals surface area (Å²) in [6, 6.07) is 0. The van der Waals surface area contributed by atoms with Crippen LogP contribution in [0, 0.1) is 0 Å². The summed E-state index contributed by atoms with van der Waals surface area (Å²) in [5, 5.41) is 0. The highest BCUT2D eigenvalue weighted by molar-refractivity contribution is 7.43. The van der Waals surface area contributed by atoms with Crippen molar-refractivity contribution in [2.24, 2.45) is 0 Å². The fourth-order valence-electron chi connectivity index (χ4n) is 3.64. The van der Waals surface area contributed by atoms with Gasteiger partial charge >= 0.3 is 49.7 Å². The standard InChI is InChI=1S/C14H42Cl2O6Si7/c1-23(2,3)17-24(4,5)18-25(6,7)19-26(8,9)20-27(10,11)21-28(12,13)22-29(14,15)16/h1-14H3. The molecule has 15 heteroatoms. The molecule has 0 saturated carbocycles. The Morgan fingerprint density at radius 1 is 0.345 bits per heavy atom. The molecule has 0 amide bonds. The first kappa shape index (κ1) is 30.9. The first-order chi connectivity index (χ1) is 12.2. The first-order valence-corrected chi connectivity index (χ1v) is 31.8. The summed E-state index contributed by atoms with van der Waals surface area (Å²) in [6.07, 6.45) is 0. The quantitative estimate of drug-likeness (QED) is 0.197. The van der Waals surface area contributed by atoms with Gasteiger partial charge in [-0.25, -0.2) is 0 Å². The van der Waals surface area contributed by atoms with E-state index in [1.165, 1.54) is 0 Å². The normalized spacial score (nSPS) is 15.7. The van der Waals surface area contributed by atoms with Crippen molar-refractivity contribution in [2.45, 2.75) is 91.7 Å². The molecule has 0 spiro atoms. The van der Waals surface area contributed by atoms with Gasteiger partial charge in [0.15, 0.2) is 8.32 Å². The summed E-state index contributed by atoms with van der Waals surface area (Å²) in [4.78, 5) is 0. The van der Waals surface area contributed by atoms with Crippen LogP contribution < -0.4 is 0 Å². The van der Waals surface area contributed by atoms with E-state index in [4.69, 9.17) is 46.8 Å². The second-order valence-electron chi connectivity index (χ2n) is 10.5. The van der Waals surface area contributed by atoms with Crippen LogP contribution in [0.1, 0.15) is 0 Å². The van der Waals surface area contributed by atoms with Crippen molar-refractivity contribution in [3.05, 3.63) is 0 Å². The van der Waals surface area contributed by atoms with E-state index in [1.54, 1.807) is 6.55 Å². The van der Waals surface area contributed by atoms with E-state index in [0.717, 1.165) is 0 Å². The average molecular weight is 574 g/mol. The Balaban J connectivity index is 5.15. The van der Waals surface area contributed by atoms with Crippen LogP contribution in [-0.2, 0) is 24.7 Å². The molecule has 0 N–H and O–H groups in total. The molecule has 0 rings (SSSR count). The van der Waals surface area contributed by atoms with Crippen LogP contribution in [0.15, 0.2) is 0 Å². The van der Waals surface area contributed by atoms with Gasteiger partial charge < -0.3 is 24.7 Å². The monoisotopic (exact) mass is 572 g/mol. The lowest BCUT2D eigenvalue weighted by Crippen LogP contribution is -2.60. The van der Waals surface area contributed by atoms with Crippen LogP contribution in [0.2, 0.25) is 91.7 Å². The minimum atomic E-state index is -2.73. The average Bonchev–Trinajstić information content (AvgIpc) is 2.10. The van der Waals surface area contributed by atoms with E-state index in [-0.39, 0.29) is 0 Å². The predicted molar refractivity (Wildman–Crippen MR) is 141 cm³/mol. The van der Waals surface area contributed by atoms with Crippen molar-refractivity contribution < 1.29 is 24.7 Å². The molecule has 0 aromatic carbocycles. The summed E-state index contributed by atoms with van der Waals surface area (Å²) in [5.41, 5.74) is 0. The minimum Gasteiger partial charge on any atom is -0.437 e. The molecule has 0 bridgehead atoms. The first-order valence-electron chi connectivity index (χ1n) is 9.83. The third kappa shape index (κ3) is 16.2. The molecule has 0 aliphatic rings. The van der Waals surface area contributed by atoms with Crippen LogP contribution in [0.5, 0.6) is 0 Å². The Hall–Kier alpha value is 1.86. The van der Waals surface area contributed by atoms with Crippen molar-refractivity contribution in [1.82, 2.24) is 0 Å². The van der Waals surface area contributed by atoms with Gasteiger partial charge in [-0.05, 0) is 91.7 Å². The maximum Gasteiger partial charge on any atom is 0.377 e. The zero-order valence-corrected chi connectivity index (χ0v) is 29.2. The number of hydrogen-bond donors (Lipinski definition) is 0. The Morgan fingerprint density at radius 3 is 0.759 bits per heavy atom. The summed E-state index contributed by atoms with van der Waals surface area (Å²) < 4.78 is 38.0. The molecule has 0 heterocycles. The summed E-state index contributed by atoms with van der Waals surface area (Å²) in [5.74, 6) is 0. The largest absolute Gasteiger partial charge is 0.437 e. The second kappa shape index (κ2) is 10.0. The van der Waals surface area contributed by atoms with Crippen molar-refractivity contribution >= 4 is 80.2 Å². The maximum atomic E-state index is 6.52. The Kier molecular flexibility index (Phi) is 10.6. The summed E-state index contributed by atoms with van der Waals surface area (Å²) >= 11 is 12.3. The molecular weight excluding hydrogens is 532 g/mol. The van der Waals surface area contributed by atoms with Gasteiger partial charge in [0.1, 0.15) is 0 Å². The van der Waals surface area contributed by atoms with Crippen molar-refractivity contribution in [3.8, 4) is 0 Å². The van der Waals surface area contributed by atoms with Crippen molar-refractivity contribution in [1.29, 1.82) is 0 Å². The second-order valence-corrected chi connectivity index (χ2v) is 40.2. The van der Waals surface area contributed by atoms with Gasteiger partial charge in [-0.15, -0.1) is 22.2 Å². The number of rotatable bonds is 12. The van der Waals surface area contributed by atoms with Crippen LogP contribution in [0.3, 0.4) is 0 Å². The van der Waals surface area contributed by atoms with E-state index in [9.17, 15) is 0 Å². The van der Waals surface area contributed by atoms with Gasteiger partial charge in [0.2, 0.25) is 0 Å². The van der Waals surface area contributed by atoms with Crippen molar-refractivity contribution in [2.75, 3.05) is 0 Å². The zero-order chi connectivity index (χ0) is 23.7. The highest BCUT2D eigenvalue weighted by Crippen LogP contribution is 2.29. The maximum absolute atomic E-state index is 6.52.